The van der Waals surface area contributed by atoms with Gasteiger partial charge >= 0.3 is 5.97 Å². The Bertz CT molecular complexity index is 812. The number of carbonyl (C=O) groups excluding carboxylic acids is 2. The average molecular weight is 374 g/mol. The number of rotatable bonds is 7. The fourth-order valence-electron chi connectivity index (χ4n) is 3.39. The Kier molecular flexibility index (Phi) is 5.88. The molecule has 144 valence electrons. The highest BCUT2D eigenvalue weighted by Crippen LogP contribution is 2.31. The second-order valence-corrected chi connectivity index (χ2v) is 6.66. The van der Waals surface area contributed by atoms with Gasteiger partial charge in [-0.05, 0) is 31.9 Å². The SMILES string of the molecule is CCOC(=O)C1(NC(=O)CCc2ncc(-c3ccccc3F)o2)CCCC1. The maximum Gasteiger partial charge on any atom is 0.331 e. The molecular formula is C20H23FN2O4. The normalized spacial score (nSPS) is 15.5. The number of aryl methyl sites for hydroxylation is 1. The predicted molar refractivity (Wildman–Crippen MR) is 96.2 cm³/mol. The molecule has 1 fully saturated rings. The van der Waals surface area contributed by atoms with Crippen LogP contribution < -0.4 is 5.32 Å². The molecule has 2 aromatic rings. The summed E-state index contributed by atoms with van der Waals surface area (Å²) in [7, 11) is 0. The first-order valence-corrected chi connectivity index (χ1v) is 9.22. The van der Waals surface area contributed by atoms with Crippen LogP contribution >= 0.6 is 0 Å². The van der Waals surface area contributed by atoms with Crippen LogP contribution in [0.5, 0.6) is 0 Å². The Morgan fingerprint density at radius 1 is 1.30 bits per heavy atom. The van der Waals surface area contributed by atoms with Gasteiger partial charge in [0.2, 0.25) is 5.91 Å². The van der Waals surface area contributed by atoms with E-state index < -0.39 is 11.4 Å². The van der Waals surface area contributed by atoms with Crippen LogP contribution in [0.15, 0.2) is 34.9 Å². The van der Waals surface area contributed by atoms with Gasteiger partial charge in [0.05, 0.1) is 18.4 Å². The maximum atomic E-state index is 13.8. The minimum Gasteiger partial charge on any atom is -0.464 e. The highest BCUT2D eigenvalue weighted by Gasteiger charge is 2.43. The first-order valence-electron chi connectivity index (χ1n) is 9.22. The quantitative estimate of drug-likeness (QED) is 0.751. The van der Waals surface area contributed by atoms with Gasteiger partial charge < -0.3 is 14.5 Å². The minimum atomic E-state index is -0.915. The van der Waals surface area contributed by atoms with Crippen LogP contribution in [0, 0.1) is 5.82 Å². The van der Waals surface area contributed by atoms with Crippen molar-refractivity contribution in [3.05, 3.63) is 42.2 Å². The second-order valence-electron chi connectivity index (χ2n) is 6.66. The van der Waals surface area contributed by atoms with E-state index in [1.165, 1.54) is 12.3 Å². The minimum absolute atomic E-state index is 0.123. The van der Waals surface area contributed by atoms with Crippen LogP contribution in [0.3, 0.4) is 0 Å². The summed E-state index contributed by atoms with van der Waals surface area (Å²) in [5.41, 5.74) is -0.588. The number of ether oxygens (including phenoxy) is 1. The molecule has 0 bridgehead atoms. The van der Waals surface area contributed by atoms with Gasteiger partial charge in [-0.2, -0.15) is 0 Å². The molecule has 1 aromatic carbocycles. The number of benzene rings is 1. The average Bonchev–Trinajstić information content (AvgIpc) is 3.31. The lowest BCUT2D eigenvalue weighted by molar-refractivity contribution is -0.153. The van der Waals surface area contributed by atoms with Crippen LogP contribution in [-0.2, 0) is 20.7 Å². The van der Waals surface area contributed by atoms with E-state index in [4.69, 9.17) is 9.15 Å². The number of esters is 1. The van der Waals surface area contributed by atoms with Crippen molar-refractivity contribution in [2.75, 3.05) is 6.61 Å². The highest BCUT2D eigenvalue weighted by atomic mass is 19.1. The molecule has 6 nitrogen and oxygen atoms in total. The van der Waals surface area contributed by atoms with Crippen LogP contribution in [0.1, 0.15) is 44.9 Å². The van der Waals surface area contributed by atoms with E-state index in [1.54, 1.807) is 25.1 Å². The number of halogens is 1. The van der Waals surface area contributed by atoms with Crippen molar-refractivity contribution in [2.45, 2.75) is 51.0 Å². The number of hydrogen-bond donors (Lipinski definition) is 1. The van der Waals surface area contributed by atoms with Gasteiger partial charge in [-0.15, -0.1) is 0 Å². The lowest BCUT2D eigenvalue weighted by atomic mass is 9.97. The van der Waals surface area contributed by atoms with E-state index in [0.29, 0.717) is 30.1 Å². The maximum absolute atomic E-state index is 13.8. The number of amides is 1. The Morgan fingerprint density at radius 3 is 2.74 bits per heavy atom. The van der Waals surface area contributed by atoms with Gasteiger partial charge in [-0.3, -0.25) is 4.79 Å². The summed E-state index contributed by atoms with van der Waals surface area (Å²) in [6.45, 7) is 2.03. The molecule has 0 unspecified atom stereocenters. The van der Waals surface area contributed by atoms with Crippen molar-refractivity contribution in [3.8, 4) is 11.3 Å². The van der Waals surface area contributed by atoms with E-state index in [9.17, 15) is 14.0 Å². The molecule has 7 heteroatoms. The smallest absolute Gasteiger partial charge is 0.331 e. The van der Waals surface area contributed by atoms with E-state index in [1.807, 2.05) is 0 Å². The van der Waals surface area contributed by atoms with Crippen LogP contribution in [0.25, 0.3) is 11.3 Å². The number of nitrogens with zero attached hydrogens (tertiary/aromatic N) is 1. The van der Waals surface area contributed by atoms with E-state index in [-0.39, 0.29) is 31.3 Å². The van der Waals surface area contributed by atoms with E-state index in [2.05, 4.69) is 10.3 Å². The molecule has 27 heavy (non-hydrogen) atoms. The molecule has 1 aliphatic rings. The molecule has 1 heterocycles. The molecule has 1 N–H and O–H groups in total. The predicted octanol–water partition coefficient (Wildman–Crippen LogP) is 3.41. The summed E-state index contributed by atoms with van der Waals surface area (Å²) in [6, 6.07) is 6.27. The zero-order valence-corrected chi connectivity index (χ0v) is 15.3. The molecule has 1 amide bonds. The summed E-state index contributed by atoms with van der Waals surface area (Å²) >= 11 is 0. The number of carbonyl (C=O) groups is 2. The van der Waals surface area contributed by atoms with E-state index in [0.717, 1.165) is 12.8 Å². The summed E-state index contributed by atoms with van der Waals surface area (Å²) in [5.74, 6) is -0.345. The molecule has 1 aliphatic carbocycles. The Labute approximate surface area is 157 Å². The number of nitrogens with one attached hydrogen (secondary N) is 1. The van der Waals surface area contributed by atoms with Crippen molar-refractivity contribution in [2.24, 2.45) is 0 Å². The standard InChI is InChI=1S/C20H23FN2O4/c1-2-26-19(25)20(11-5-6-12-20)23-17(24)9-10-18-22-13-16(27-18)14-7-3-4-8-15(14)21/h3-4,7-8,13H,2,5-6,9-12H2,1H3,(H,23,24). The summed E-state index contributed by atoms with van der Waals surface area (Å²) in [5, 5.41) is 2.85. The highest BCUT2D eigenvalue weighted by molar-refractivity contribution is 5.88. The van der Waals surface area contributed by atoms with E-state index >= 15 is 0 Å². The van der Waals surface area contributed by atoms with Gasteiger partial charge in [-0.25, -0.2) is 14.2 Å². The van der Waals surface area contributed by atoms with Crippen molar-refractivity contribution < 1.29 is 23.1 Å². The van der Waals surface area contributed by atoms with Gasteiger partial charge in [0.15, 0.2) is 11.7 Å². The van der Waals surface area contributed by atoms with Crippen molar-refractivity contribution in [3.63, 3.8) is 0 Å². The zero-order chi connectivity index (χ0) is 19.3. The van der Waals surface area contributed by atoms with Crippen molar-refractivity contribution >= 4 is 11.9 Å². The molecule has 1 aromatic heterocycles. The topological polar surface area (TPSA) is 81.4 Å². The largest absolute Gasteiger partial charge is 0.464 e. The Hall–Kier alpha value is -2.70. The number of hydrogen-bond acceptors (Lipinski definition) is 5. The second kappa shape index (κ2) is 8.33. The third-order valence-electron chi connectivity index (χ3n) is 4.76. The molecular weight excluding hydrogens is 351 g/mol. The third-order valence-corrected chi connectivity index (χ3v) is 4.76. The van der Waals surface area contributed by atoms with Crippen LogP contribution in [-0.4, -0.2) is 29.0 Å². The molecule has 3 rings (SSSR count). The van der Waals surface area contributed by atoms with Gasteiger partial charge in [-0.1, -0.05) is 25.0 Å². The first-order chi connectivity index (χ1) is 13.0. The monoisotopic (exact) mass is 374 g/mol. The lowest BCUT2D eigenvalue weighted by Crippen LogP contribution is -2.53. The summed E-state index contributed by atoms with van der Waals surface area (Å²) in [6.07, 6.45) is 4.78. The Morgan fingerprint density at radius 2 is 2.04 bits per heavy atom. The molecule has 0 radical (unpaired) electrons. The summed E-state index contributed by atoms with van der Waals surface area (Å²) < 4.78 is 24.5. The fraction of sp³-hybridized carbons (Fsp3) is 0.450. The fourth-order valence-corrected chi connectivity index (χ4v) is 3.39. The number of aromatic nitrogens is 1. The van der Waals surface area contributed by atoms with Crippen LogP contribution in [0.4, 0.5) is 4.39 Å². The van der Waals surface area contributed by atoms with Gasteiger partial charge in [0, 0.05) is 12.8 Å². The van der Waals surface area contributed by atoms with Gasteiger partial charge in [0.1, 0.15) is 11.4 Å². The molecule has 1 saturated carbocycles. The summed E-state index contributed by atoms with van der Waals surface area (Å²) in [4.78, 5) is 28.7. The van der Waals surface area contributed by atoms with Crippen LogP contribution in [0.2, 0.25) is 0 Å². The van der Waals surface area contributed by atoms with Crippen molar-refractivity contribution in [1.82, 2.24) is 10.3 Å². The number of oxazole rings is 1. The molecule has 0 atom stereocenters. The third kappa shape index (κ3) is 4.35. The van der Waals surface area contributed by atoms with Crippen molar-refractivity contribution in [1.29, 1.82) is 0 Å². The Balaban J connectivity index is 1.59. The first kappa shape index (κ1) is 19.1. The molecule has 0 spiro atoms. The van der Waals surface area contributed by atoms with Gasteiger partial charge in [0.25, 0.3) is 0 Å². The molecule has 0 saturated heterocycles. The molecule has 0 aliphatic heterocycles. The zero-order valence-electron chi connectivity index (χ0n) is 15.3. The lowest BCUT2D eigenvalue weighted by Gasteiger charge is -2.27.